The summed E-state index contributed by atoms with van der Waals surface area (Å²) in [6.07, 6.45) is 11.2. The lowest BCUT2D eigenvalue weighted by atomic mass is 9.63. The van der Waals surface area contributed by atoms with E-state index in [0.29, 0.717) is 54.6 Å². The number of anilines is 3. The van der Waals surface area contributed by atoms with Crippen molar-refractivity contribution in [3.05, 3.63) is 65.2 Å². The molecule has 63 heavy (non-hydrogen) atoms. The summed E-state index contributed by atoms with van der Waals surface area (Å²) in [4.78, 5) is 75.7. The number of carbonyl (C=O) groups is 5. The van der Waals surface area contributed by atoms with Crippen molar-refractivity contribution >= 4 is 52.4 Å². The molecule has 2 aliphatic carbocycles. The van der Waals surface area contributed by atoms with E-state index in [0.717, 1.165) is 89.7 Å². The van der Waals surface area contributed by atoms with Crippen LogP contribution in [-0.2, 0) is 9.59 Å². The lowest BCUT2D eigenvalue weighted by molar-refractivity contribution is -0.134. The first-order valence-electron chi connectivity index (χ1n) is 22.4. The summed E-state index contributed by atoms with van der Waals surface area (Å²) in [5, 5.41) is 13.6. The molecule has 0 unspecified atom stereocenters. The molecule has 0 radical (unpaired) electrons. The predicted octanol–water partition coefficient (Wildman–Crippen LogP) is 5.79. The molecule has 4 aromatic rings. The number of aromatic nitrogens is 5. The first-order chi connectivity index (χ1) is 30.3. The standard InChI is InChI=1S/C45H53F2N11O5/c1-28-2-3-30(20-35(28)56-16-9-37(60)51-43(56)63)42(62)54-18-12-44(13-19-54)10-4-29(5-11-44)24-53-14-6-31(7-15-53)58-25-34(38(52-58)39(46)47)49-41(61)33-23-48-57-17-8-36(50-40(33)57)55-26-45(27-55)21-32(59)22-45/h2-3,8,17,20,23,25,29,31,39H,4-7,9-16,18-19,21-22,24,26-27H2,1H3,(H,49,61)(H,51,60,63). The molecule has 1 aromatic carbocycles. The highest BCUT2D eigenvalue weighted by Crippen LogP contribution is 2.48. The number of carbonyl (C=O) groups excluding carboxylic acids is 5. The van der Waals surface area contributed by atoms with E-state index in [4.69, 9.17) is 0 Å². The molecular weight excluding hydrogens is 813 g/mol. The maximum Gasteiger partial charge on any atom is 0.328 e. The van der Waals surface area contributed by atoms with Crippen molar-refractivity contribution in [1.29, 1.82) is 0 Å². The third-order valence-corrected chi connectivity index (χ3v) is 14.9. The van der Waals surface area contributed by atoms with Crippen molar-refractivity contribution in [2.45, 2.75) is 90.0 Å². The third-order valence-electron chi connectivity index (χ3n) is 14.9. The van der Waals surface area contributed by atoms with Crippen LogP contribution >= 0.6 is 0 Å². The molecule has 2 saturated carbocycles. The van der Waals surface area contributed by atoms with Gasteiger partial charge in [-0.25, -0.2) is 23.1 Å². The van der Waals surface area contributed by atoms with Crippen LogP contribution in [-0.4, -0.2) is 116 Å². The lowest BCUT2D eigenvalue weighted by Crippen LogP contribution is -2.63. The fourth-order valence-electron chi connectivity index (χ4n) is 11.1. The van der Waals surface area contributed by atoms with E-state index in [1.165, 1.54) is 21.8 Å². The van der Waals surface area contributed by atoms with Crippen LogP contribution in [0.3, 0.4) is 0 Å². The second-order valence-electron chi connectivity index (χ2n) is 19.0. The predicted molar refractivity (Wildman–Crippen MR) is 228 cm³/mol. The first kappa shape index (κ1) is 41.2. The molecule has 5 amide bonds. The van der Waals surface area contributed by atoms with Gasteiger partial charge in [-0.1, -0.05) is 6.07 Å². The van der Waals surface area contributed by atoms with Crippen LogP contribution in [0.25, 0.3) is 5.65 Å². The maximum atomic E-state index is 14.3. The van der Waals surface area contributed by atoms with Crippen LogP contribution in [0.4, 0.5) is 30.8 Å². The Labute approximate surface area is 363 Å². The van der Waals surface area contributed by atoms with E-state index >= 15 is 0 Å². The third kappa shape index (κ3) is 7.95. The molecule has 0 bridgehead atoms. The summed E-state index contributed by atoms with van der Waals surface area (Å²) < 4.78 is 31.7. The molecule has 16 nitrogen and oxygen atoms in total. The van der Waals surface area contributed by atoms with E-state index in [1.54, 1.807) is 16.9 Å². The second kappa shape index (κ2) is 16.1. The minimum absolute atomic E-state index is 0.0223. The molecule has 0 atom stereocenters. The van der Waals surface area contributed by atoms with Gasteiger partial charge in [-0.2, -0.15) is 10.2 Å². The van der Waals surface area contributed by atoms with Gasteiger partial charge in [0, 0.05) is 101 Å². The number of hydrogen-bond acceptors (Lipinski definition) is 10. The number of halogens is 2. The number of aryl methyl sites for hydroxylation is 1. The number of piperidine rings is 2. The molecule has 6 aliphatic rings. The topological polar surface area (TPSA) is 170 Å². The summed E-state index contributed by atoms with van der Waals surface area (Å²) in [6.45, 7) is 7.72. The van der Waals surface area contributed by atoms with Gasteiger partial charge in [-0.15, -0.1) is 0 Å². The van der Waals surface area contributed by atoms with Crippen molar-refractivity contribution in [2.24, 2.45) is 16.7 Å². The smallest absolute Gasteiger partial charge is 0.328 e. The molecule has 4 aliphatic heterocycles. The number of nitrogens with zero attached hydrogens (tertiary/aromatic N) is 9. The van der Waals surface area contributed by atoms with E-state index < -0.39 is 24.1 Å². The van der Waals surface area contributed by atoms with Gasteiger partial charge in [0.05, 0.1) is 17.9 Å². The van der Waals surface area contributed by atoms with Crippen LogP contribution in [0.2, 0.25) is 0 Å². The fraction of sp³-hybridized carbons (Fsp3) is 0.556. The Morgan fingerprint density at radius 3 is 2.38 bits per heavy atom. The lowest BCUT2D eigenvalue weighted by Gasteiger charge is -2.55. The Kier molecular flexibility index (Phi) is 10.5. The Hall–Kier alpha value is -5.78. The van der Waals surface area contributed by atoms with Crippen LogP contribution < -0.4 is 20.4 Å². The summed E-state index contributed by atoms with van der Waals surface area (Å²) in [5.41, 5.74) is 2.36. The molecule has 2 spiro atoms. The van der Waals surface area contributed by atoms with Gasteiger partial charge in [0.25, 0.3) is 18.2 Å². The SMILES string of the molecule is Cc1ccc(C(=O)N2CCC3(CCC(CN4CCC(n5cc(NC(=O)c6cnn7ccc(N8CC9(CC(=O)C9)C8)nc67)c(C(F)F)n5)CC4)CC3)CC2)cc1N1CCC(=O)NC1=O. The van der Waals surface area contributed by atoms with E-state index in [1.807, 2.05) is 30.0 Å². The number of urea groups is 1. The molecule has 6 fully saturated rings. The number of hydrogen-bond donors (Lipinski definition) is 2. The highest BCUT2D eigenvalue weighted by Gasteiger charge is 2.52. The van der Waals surface area contributed by atoms with E-state index in [-0.39, 0.29) is 58.7 Å². The van der Waals surface area contributed by atoms with Gasteiger partial charge < -0.3 is 20.0 Å². The Morgan fingerprint density at radius 2 is 1.68 bits per heavy atom. The summed E-state index contributed by atoms with van der Waals surface area (Å²) in [6, 6.07) is 6.75. The molecule has 10 rings (SSSR count). The van der Waals surface area contributed by atoms with Gasteiger partial charge in [-0.3, -0.25) is 34.1 Å². The molecular formula is C45H53F2N11O5. The minimum atomic E-state index is -2.87. The van der Waals surface area contributed by atoms with Crippen molar-refractivity contribution in [3.63, 3.8) is 0 Å². The van der Waals surface area contributed by atoms with E-state index in [9.17, 15) is 32.8 Å². The first-order valence-corrected chi connectivity index (χ1v) is 22.4. The van der Waals surface area contributed by atoms with Crippen LogP contribution in [0.15, 0.2) is 42.9 Å². The number of amides is 5. The number of ketones is 1. The second-order valence-corrected chi connectivity index (χ2v) is 19.0. The fourth-order valence-corrected chi connectivity index (χ4v) is 11.1. The Morgan fingerprint density at radius 1 is 0.937 bits per heavy atom. The minimum Gasteiger partial charge on any atom is -0.355 e. The zero-order chi connectivity index (χ0) is 43.6. The van der Waals surface area contributed by atoms with Crippen LogP contribution in [0, 0.1) is 23.7 Å². The monoisotopic (exact) mass is 865 g/mol. The number of Topliss-reactive ketones (excluding diaryl/α,β-unsaturated/α-hetero) is 1. The van der Waals surface area contributed by atoms with Crippen molar-refractivity contribution in [1.82, 2.24) is 39.5 Å². The zero-order valence-corrected chi connectivity index (χ0v) is 35.5. The maximum absolute atomic E-state index is 14.3. The van der Waals surface area contributed by atoms with Crippen molar-refractivity contribution in [3.8, 4) is 0 Å². The number of rotatable bonds is 9. The molecule has 2 N–H and O–H groups in total. The Balaban J connectivity index is 0.696. The number of fused-ring (bicyclic) bond motifs is 1. The molecule has 7 heterocycles. The van der Waals surface area contributed by atoms with Crippen LogP contribution in [0.1, 0.15) is 115 Å². The molecule has 4 saturated heterocycles. The number of alkyl halides is 2. The highest BCUT2D eigenvalue weighted by molar-refractivity contribution is 6.08. The zero-order valence-electron chi connectivity index (χ0n) is 35.5. The highest BCUT2D eigenvalue weighted by atomic mass is 19.3. The number of benzene rings is 1. The average molecular weight is 866 g/mol. The molecule has 332 valence electrons. The van der Waals surface area contributed by atoms with E-state index in [2.05, 4.69) is 35.6 Å². The number of likely N-dealkylation sites (tertiary alicyclic amines) is 2. The van der Waals surface area contributed by atoms with Gasteiger partial charge in [0.1, 0.15) is 17.2 Å². The summed E-state index contributed by atoms with van der Waals surface area (Å²) in [7, 11) is 0. The van der Waals surface area contributed by atoms with Gasteiger partial charge in [-0.05, 0) is 93.4 Å². The Bertz CT molecular complexity index is 2460. The molecule has 3 aromatic heterocycles. The normalized spacial score (nSPS) is 21.9. The van der Waals surface area contributed by atoms with Crippen molar-refractivity contribution in [2.75, 3.05) is 67.5 Å². The van der Waals surface area contributed by atoms with Crippen molar-refractivity contribution < 1.29 is 32.8 Å². The van der Waals surface area contributed by atoms with Gasteiger partial charge in [0.15, 0.2) is 11.3 Å². The summed E-state index contributed by atoms with van der Waals surface area (Å²) in [5.74, 6) is 0.630. The average Bonchev–Trinajstić information content (AvgIpc) is 3.88. The van der Waals surface area contributed by atoms with Gasteiger partial charge in [0.2, 0.25) is 5.91 Å². The quantitative estimate of drug-likeness (QED) is 0.210. The van der Waals surface area contributed by atoms with Gasteiger partial charge >= 0.3 is 6.03 Å². The molecule has 18 heteroatoms. The summed E-state index contributed by atoms with van der Waals surface area (Å²) >= 11 is 0. The largest absolute Gasteiger partial charge is 0.355 e. The van der Waals surface area contributed by atoms with Crippen LogP contribution in [0.5, 0.6) is 0 Å². The number of imide groups is 1. The number of nitrogens with one attached hydrogen (secondary N) is 2.